The monoisotopic (exact) mass is 304 g/mol. The molecule has 6 heteroatoms. The van der Waals surface area contributed by atoms with E-state index in [9.17, 15) is 8.42 Å². The molecule has 0 aliphatic carbocycles. The Kier molecular flexibility index (Phi) is 2.10. The molecule has 2 N–H and O–H groups in total. The molecular weight excluding hydrogens is 274 g/mol. The number of aryl methyl sites for hydroxylation is 1. The summed E-state index contributed by atoms with van der Waals surface area (Å²) in [5.74, 6) is 0. The second-order valence-corrected chi connectivity index (χ2v) is 5.75. The van der Waals surface area contributed by atoms with Crippen LogP contribution in [-0.4, -0.2) is 45.9 Å². The van der Waals surface area contributed by atoms with Gasteiger partial charge in [-0.05, 0) is 50.8 Å². The number of likely N-dealkylation sites (N-methyl/N-ethyl adjacent to an activating group) is 1. The molecule has 0 amide bonds. The van der Waals surface area contributed by atoms with Gasteiger partial charge >= 0.3 is 0 Å². The van der Waals surface area contributed by atoms with E-state index in [1.807, 2.05) is 0 Å². The molecule has 1 aromatic heterocycles. The second kappa shape index (κ2) is 5.95. The van der Waals surface area contributed by atoms with E-state index in [1.165, 1.54) is 31.3 Å². The van der Waals surface area contributed by atoms with Gasteiger partial charge in [0.15, 0.2) is 1.41 Å². The molecule has 0 atom stereocenters. The van der Waals surface area contributed by atoms with Crippen molar-refractivity contribution in [2.75, 3.05) is 27.6 Å². The van der Waals surface area contributed by atoms with E-state index in [2.05, 4.69) is 0 Å². The molecule has 0 aliphatic rings. The van der Waals surface area contributed by atoms with Crippen molar-refractivity contribution in [3.8, 4) is 0 Å². The lowest BCUT2D eigenvalue weighted by molar-refractivity contribution is 0.414. The van der Waals surface area contributed by atoms with Crippen LogP contribution >= 0.6 is 0 Å². The smallest absolute Gasteiger partial charge is 0.215 e. The van der Waals surface area contributed by atoms with Gasteiger partial charge in [-0.1, -0.05) is 6.07 Å². The zero-order valence-corrected chi connectivity index (χ0v) is 11.9. The fourth-order valence-electron chi connectivity index (χ4n) is 1.74. The molecule has 2 rings (SSSR count). The molecule has 0 saturated heterocycles. The van der Waals surface area contributed by atoms with Gasteiger partial charge < -0.3 is 9.88 Å². The fraction of sp³-hybridized carbons (Fsp3) is 0.429. The third-order valence-electron chi connectivity index (χ3n) is 2.65. The summed E-state index contributed by atoms with van der Waals surface area (Å²) in [6.07, 6.45) is 1.19. The maximum atomic E-state index is 12.4. The number of nitrogens with zero attached hydrogens (tertiary/aromatic N) is 1. The lowest BCUT2D eigenvalue weighted by Crippen LogP contribution is -2.20. The van der Waals surface area contributed by atoms with E-state index in [0.29, 0.717) is 11.1 Å². The van der Waals surface area contributed by atoms with Crippen molar-refractivity contribution in [3.05, 3.63) is 35.5 Å². The number of hydrogen-bond acceptors (Lipinski definition) is 3. The summed E-state index contributed by atoms with van der Waals surface area (Å²) in [7, 11) is -2.17. The molecule has 0 bridgehead atoms. The number of benzene rings is 1. The van der Waals surface area contributed by atoms with Crippen molar-refractivity contribution in [1.82, 2.24) is 14.6 Å². The third-order valence-corrected chi connectivity index (χ3v) is 3.39. The Morgan fingerprint density at radius 2 is 2.35 bits per heavy atom. The first-order valence-electron chi connectivity index (χ1n) is 10.2. The number of sulfonamides is 1. The molecule has 0 unspecified atom stereocenters. The predicted octanol–water partition coefficient (Wildman–Crippen LogP) is 1.32. The molecule has 0 aliphatic heterocycles. The quantitative estimate of drug-likeness (QED) is 0.846. The van der Waals surface area contributed by atoms with E-state index < -0.39 is 39.5 Å². The zero-order valence-electron chi connectivity index (χ0n) is 20.1. The Bertz CT molecular complexity index is 1020. The van der Waals surface area contributed by atoms with E-state index in [-0.39, 0.29) is 11.8 Å². The van der Waals surface area contributed by atoms with Crippen molar-refractivity contribution in [1.29, 1.82) is 0 Å². The summed E-state index contributed by atoms with van der Waals surface area (Å²) in [5, 5.41) is 0.257. The summed E-state index contributed by atoms with van der Waals surface area (Å²) in [6.45, 7) is -5.16. The van der Waals surface area contributed by atoms with Gasteiger partial charge in [0.1, 0.15) is 1.41 Å². The fourth-order valence-corrected chi connectivity index (χ4v) is 2.21. The van der Waals surface area contributed by atoms with Gasteiger partial charge in [-0.3, -0.25) is 0 Å². The van der Waals surface area contributed by atoms with Crippen LogP contribution < -0.4 is 4.72 Å². The normalized spacial score (nSPS) is 21.3. The average molecular weight is 304 g/mol. The summed E-state index contributed by atoms with van der Waals surface area (Å²) in [6, 6.07) is 3.54. The van der Waals surface area contributed by atoms with Crippen molar-refractivity contribution in [2.45, 2.75) is 12.1 Å². The van der Waals surface area contributed by atoms with Crippen LogP contribution in [0, 0.1) is 0 Å². The number of hydrogen-bond donors (Lipinski definition) is 2. The molecule has 0 saturated carbocycles. The van der Waals surface area contributed by atoms with Crippen LogP contribution in [0.4, 0.5) is 0 Å². The van der Waals surface area contributed by atoms with Crippen molar-refractivity contribution in [3.63, 3.8) is 0 Å². The topological polar surface area (TPSA) is 65.2 Å². The summed E-state index contributed by atoms with van der Waals surface area (Å²) >= 11 is 0. The molecule has 2 aromatic rings. The Labute approximate surface area is 132 Å². The van der Waals surface area contributed by atoms with E-state index in [4.69, 9.17) is 12.4 Å². The van der Waals surface area contributed by atoms with Crippen LogP contribution in [0.5, 0.6) is 0 Å². The van der Waals surface area contributed by atoms with Gasteiger partial charge in [-0.2, -0.15) is 0 Å². The molecule has 110 valence electrons. The Morgan fingerprint density at radius 3 is 3.05 bits per heavy atom. The molecule has 5 nitrogen and oxygen atoms in total. The number of aromatic nitrogens is 1. The largest absolute Gasteiger partial charge is 0.361 e. The molecule has 0 fully saturated rings. The number of nitrogens with one attached hydrogen (secondary N) is 2. The molecular formula is C14H21N3O2S. The zero-order chi connectivity index (χ0) is 22.6. The van der Waals surface area contributed by atoms with Gasteiger partial charge in [-0.15, -0.1) is 0 Å². The maximum Gasteiger partial charge on any atom is 0.215 e. The number of fused-ring (bicyclic) bond motifs is 1. The van der Waals surface area contributed by atoms with Crippen molar-refractivity contribution < 1.29 is 20.8 Å². The Balaban J connectivity index is 2.62. The third kappa shape index (κ3) is 3.59. The molecule has 0 spiro atoms. The highest BCUT2D eigenvalue weighted by molar-refractivity contribution is 7.88. The lowest BCUT2D eigenvalue weighted by Gasteiger charge is -2.08. The van der Waals surface area contributed by atoms with Crippen LogP contribution in [0.3, 0.4) is 0 Å². The highest BCUT2D eigenvalue weighted by Gasteiger charge is 2.11. The van der Waals surface area contributed by atoms with E-state index in [1.54, 1.807) is 0 Å². The summed E-state index contributed by atoms with van der Waals surface area (Å²) in [4.78, 5) is 2.30. The van der Waals surface area contributed by atoms with Gasteiger partial charge in [-0.25, -0.2) is 13.1 Å². The minimum Gasteiger partial charge on any atom is -0.361 e. The maximum absolute atomic E-state index is 12.4. The SMILES string of the molecule is [2H]N(C([2H])([2H])[2H])S(=O)(=O)C([2H])([2H])c1ccc2c(c1)c(CC([2H])([2H])N(C)C)cn2[2H]. The number of H-pyrrole nitrogens is 1. The van der Waals surface area contributed by atoms with Crippen LogP contribution in [-0.2, 0) is 22.1 Å². The van der Waals surface area contributed by atoms with Crippen molar-refractivity contribution >= 4 is 20.9 Å². The first-order chi connectivity index (χ1) is 12.9. The predicted molar refractivity (Wildman–Crippen MR) is 82.2 cm³/mol. The standard InChI is InChI=1S/C14H21N3O2S/c1-15-20(18,19)10-11-4-5-14-13(8-11)12(9-16-14)6-7-17(2)3/h4-5,8-9,15-16H,6-7,10H2,1-3H3/i1D3,7D2,10D2/hD2. The minimum atomic E-state index is -5.24. The van der Waals surface area contributed by atoms with E-state index in [0.717, 1.165) is 17.1 Å². The first kappa shape index (κ1) is 7.06. The van der Waals surface area contributed by atoms with Crippen LogP contribution in [0.1, 0.15) is 20.7 Å². The second-order valence-electron chi connectivity index (χ2n) is 4.41. The average Bonchev–Trinajstić information content (AvgIpc) is 2.87. The van der Waals surface area contributed by atoms with Crippen LogP contribution in [0.25, 0.3) is 10.9 Å². The molecule has 0 radical (unpaired) electrons. The Morgan fingerprint density at radius 1 is 1.55 bits per heavy atom. The summed E-state index contributed by atoms with van der Waals surface area (Å²) < 4.78 is 92.9. The molecule has 1 aromatic carbocycles. The molecule has 20 heavy (non-hydrogen) atoms. The number of aromatic amines is 1. The highest BCUT2D eigenvalue weighted by Crippen LogP contribution is 2.21. The van der Waals surface area contributed by atoms with Gasteiger partial charge in [0.2, 0.25) is 10.0 Å². The lowest BCUT2D eigenvalue weighted by atomic mass is 10.1. The van der Waals surface area contributed by atoms with Crippen LogP contribution in [0.15, 0.2) is 24.4 Å². The minimum absolute atomic E-state index is 0.151. The van der Waals surface area contributed by atoms with Crippen LogP contribution in [0.2, 0.25) is 2.82 Å². The van der Waals surface area contributed by atoms with Gasteiger partial charge in [0.25, 0.3) is 0 Å². The van der Waals surface area contributed by atoms with Gasteiger partial charge in [0, 0.05) is 33.2 Å². The van der Waals surface area contributed by atoms with Gasteiger partial charge in [0.05, 0.1) is 5.70 Å². The van der Waals surface area contributed by atoms with Crippen molar-refractivity contribution in [2.24, 2.45) is 0 Å². The molecule has 1 heterocycles. The first-order valence-corrected chi connectivity index (χ1v) is 7.22. The number of rotatable bonds is 6. The highest BCUT2D eigenvalue weighted by atomic mass is 32.2. The van der Waals surface area contributed by atoms with E-state index >= 15 is 0 Å². The summed E-state index contributed by atoms with van der Waals surface area (Å²) in [5.41, 5.74) is -3.02. The Hall–Kier alpha value is -1.37.